The van der Waals surface area contributed by atoms with E-state index in [1.807, 2.05) is 12.1 Å². The molecule has 0 spiro atoms. The quantitative estimate of drug-likeness (QED) is 0.872. The van der Waals surface area contributed by atoms with Crippen LogP contribution in [0.25, 0.3) is 0 Å². The first-order chi connectivity index (χ1) is 8.60. The first kappa shape index (κ1) is 12.7. The van der Waals surface area contributed by atoms with Crippen molar-refractivity contribution in [3.05, 3.63) is 46.7 Å². The average molecular weight is 312 g/mol. The van der Waals surface area contributed by atoms with E-state index in [9.17, 15) is 4.39 Å². The van der Waals surface area contributed by atoms with Crippen molar-refractivity contribution in [3.63, 3.8) is 0 Å². The van der Waals surface area contributed by atoms with E-state index in [0.29, 0.717) is 11.5 Å². The summed E-state index contributed by atoms with van der Waals surface area (Å²) in [4.78, 5) is 0. The molecule has 5 heteroatoms. The van der Waals surface area contributed by atoms with E-state index in [4.69, 9.17) is 15.2 Å². The Hall–Kier alpha value is -1.75. The molecule has 2 rings (SSSR count). The molecule has 18 heavy (non-hydrogen) atoms. The average Bonchev–Trinajstić information content (AvgIpc) is 2.33. The summed E-state index contributed by atoms with van der Waals surface area (Å²) >= 11 is 3.34. The summed E-state index contributed by atoms with van der Waals surface area (Å²) in [5.74, 6) is 0.530. The molecule has 0 aromatic heterocycles. The molecule has 0 aliphatic carbocycles. The molecule has 3 nitrogen and oxygen atoms in total. The van der Waals surface area contributed by atoms with Crippen molar-refractivity contribution in [2.24, 2.45) is 0 Å². The summed E-state index contributed by atoms with van der Waals surface area (Å²) in [5.41, 5.74) is 5.91. The molecule has 0 aliphatic heterocycles. The largest absolute Gasteiger partial charge is 0.494 e. The smallest absolute Gasteiger partial charge is 0.167 e. The fourth-order valence-corrected chi connectivity index (χ4v) is 1.83. The van der Waals surface area contributed by atoms with Crippen LogP contribution in [0.5, 0.6) is 17.2 Å². The van der Waals surface area contributed by atoms with E-state index >= 15 is 0 Å². The predicted octanol–water partition coefficient (Wildman–Crippen LogP) is 3.97. The highest BCUT2D eigenvalue weighted by Gasteiger charge is 2.10. The highest BCUT2D eigenvalue weighted by atomic mass is 79.9. The first-order valence-corrected chi connectivity index (χ1v) is 5.96. The van der Waals surface area contributed by atoms with Gasteiger partial charge in [0.15, 0.2) is 17.3 Å². The van der Waals surface area contributed by atoms with Crippen molar-refractivity contribution in [2.75, 3.05) is 12.8 Å². The second-order valence-corrected chi connectivity index (χ2v) is 4.50. The number of nitrogens with two attached hydrogens (primary N) is 1. The van der Waals surface area contributed by atoms with Gasteiger partial charge in [-0.3, -0.25) is 0 Å². The van der Waals surface area contributed by atoms with Gasteiger partial charge in [-0.1, -0.05) is 22.0 Å². The van der Waals surface area contributed by atoms with Crippen LogP contribution >= 0.6 is 15.9 Å². The van der Waals surface area contributed by atoms with Crippen LogP contribution in [0.2, 0.25) is 0 Å². The Labute approximate surface area is 112 Å². The van der Waals surface area contributed by atoms with E-state index in [1.165, 1.54) is 19.2 Å². The number of hydrogen-bond acceptors (Lipinski definition) is 3. The molecule has 0 saturated carbocycles. The van der Waals surface area contributed by atoms with Crippen molar-refractivity contribution in [2.45, 2.75) is 0 Å². The Morgan fingerprint density at radius 2 is 1.94 bits per heavy atom. The zero-order valence-corrected chi connectivity index (χ0v) is 11.2. The van der Waals surface area contributed by atoms with Gasteiger partial charge in [0.2, 0.25) is 0 Å². The topological polar surface area (TPSA) is 44.5 Å². The van der Waals surface area contributed by atoms with Gasteiger partial charge in [-0.25, -0.2) is 4.39 Å². The summed E-state index contributed by atoms with van der Waals surface area (Å²) in [5, 5.41) is 0. The van der Waals surface area contributed by atoms with E-state index in [2.05, 4.69) is 15.9 Å². The fraction of sp³-hybridized carbons (Fsp3) is 0.0769. The van der Waals surface area contributed by atoms with Crippen LogP contribution in [0.3, 0.4) is 0 Å². The number of nitrogen functional groups attached to an aromatic ring is 1. The lowest BCUT2D eigenvalue weighted by molar-refractivity contribution is 0.382. The van der Waals surface area contributed by atoms with Crippen molar-refractivity contribution < 1.29 is 13.9 Å². The normalized spacial score (nSPS) is 10.2. The number of hydrogen-bond donors (Lipinski definition) is 1. The summed E-state index contributed by atoms with van der Waals surface area (Å²) < 4.78 is 24.7. The molecular formula is C13H11BrFNO2. The third kappa shape index (κ3) is 2.73. The van der Waals surface area contributed by atoms with Crippen LogP contribution in [0.15, 0.2) is 40.9 Å². The lowest BCUT2D eigenvalue weighted by atomic mass is 10.2. The van der Waals surface area contributed by atoms with Crippen LogP contribution in [-0.4, -0.2) is 7.11 Å². The van der Waals surface area contributed by atoms with Gasteiger partial charge in [0.05, 0.1) is 12.8 Å². The first-order valence-electron chi connectivity index (χ1n) is 5.16. The molecule has 0 saturated heterocycles. The van der Waals surface area contributed by atoms with Gasteiger partial charge in [0.25, 0.3) is 0 Å². The maximum atomic E-state index is 13.4. The minimum absolute atomic E-state index is 0.0918. The van der Waals surface area contributed by atoms with Crippen molar-refractivity contribution >= 4 is 21.6 Å². The van der Waals surface area contributed by atoms with Crippen LogP contribution in [0.1, 0.15) is 0 Å². The summed E-state index contributed by atoms with van der Waals surface area (Å²) in [6.45, 7) is 0. The van der Waals surface area contributed by atoms with E-state index in [1.54, 1.807) is 12.1 Å². The molecular weight excluding hydrogens is 301 g/mol. The Morgan fingerprint density at radius 3 is 2.61 bits per heavy atom. The molecule has 0 unspecified atom stereocenters. The predicted molar refractivity (Wildman–Crippen MR) is 71.6 cm³/mol. The van der Waals surface area contributed by atoms with Crippen LogP contribution in [-0.2, 0) is 0 Å². The summed E-state index contributed by atoms with van der Waals surface area (Å²) in [6.07, 6.45) is 0. The highest BCUT2D eigenvalue weighted by molar-refractivity contribution is 9.10. The van der Waals surface area contributed by atoms with Crippen molar-refractivity contribution in [3.8, 4) is 17.2 Å². The Kier molecular flexibility index (Phi) is 3.72. The molecule has 0 heterocycles. The van der Waals surface area contributed by atoms with Gasteiger partial charge in [-0.05, 0) is 18.2 Å². The maximum Gasteiger partial charge on any atom is 0.167 e. The zero-order valence-electron chi connectivity index (χ0n) is 9.61. The molecule has 0 fully saturated rings. The molecule has 94 valence electrons. The zero-order chi connectivity index (χ0) is 13.1. The molecule has 0 atom stereocenters. The van der Waals surface area contributed by atoms with Crippen molar-refractivity contribution in [1.29, 1.82) is 0 Å². The van der Waals surface area contributed by atoms with Crippen LogP contribution in [0.4, 0.5) is 10.1 Å². The fourth-order valence-electron chi connectivity index (χ4n) is 1.45. The standard InChI is InChI=1S/C13H11BrFNO2/c1-17-12-7-13(11(16)6-10(12)15)18-9-4-2-3-8(14)5-9/h2-7H,16H2,1H3. The molecule has 0 bridgehead atoms. The van der Waals surface area contributed by atoms with E-state index in [0.717, 1.165) is 4.47 Å². The van der Waals surface area contributed by atoms with Gasteiger partial charge in [-0.15, -0.1) is 0 Å². The summed E-state index contributed by atoms with van der Waals surface area (Å²) in [7, 11) is 1.39. The maximum absolute atomic E-state index is 13.4. The summed E-state index contributed by atoms with van der Waals surface area (Å²) in [6, 6.07) is 9.87. The number of anilines is 1. The van der Waals surface area contributed by atoms with Crippen molar-refractivity contribution in [1.82, 2.24) is 0 Å². The van der Waals surface area contributed by atoms with Crippen LogP contribution in [0, 0.1) is 5.82 Å². The second-order valence-electron chi connectivity index (χ2n) is 3.58. The number of rotatable bonds is 3. The number of halogens is 2. The molecule has 2 N–H and O–H groups in total. The molecule has 2 aromatic rings. The monoisotopic (exact) mass is 311 g/mol. The second kappa shape index (κ2) is 5.27. The molecule has 0 amide bonds. The van der Waals surface area contributed by atoms with Gasteiger partial charge in [0.1, 0.15) is 5.75 Å². The van der Waals surface area contributed by atoms with E-state index in [-0.39, 0.29) is 11.4 Å². The minimum Gasteiger partial charge on any atom is -0.494 e. The lowest BCUT2D eigenvalue weighted by Crippen LogP contribution is -1.96. The molecule has 0 radical (unpaired) electrons. The van der Waals surface area contributed by atoms with Gasteiger partial charge < -0.3 is 15.2 Å². The third-order valence-corrected chi connectivity index (χ3v) is 2.80. The Balaban J connectivity index is 2.34. The SMILES string of the molecule is COc1cc(Oc2cccc(Br)c2)c(N)cc1F. The van der Waals surface area contributed by atoms with Gasteiger partial charge >= 0.3 is 0 Å². The third-order valence-electron chi connectivity index (χ3n) is 2.31. The Morgan fingerprint density at radius 1 is 1.17 bits per heavy atom. The van der Waals surface area contributed by atoms with E-state index < -0.39 is 5.82 Å². The number of ether oxygens (including phenoxy) is 2. The van der Waals surface area contributed by atoms with Gasteiger partial charge in [-0.2, -0.15) is 0 Å². The number of methoxy groups -OCH3 is 1. The molecule has 2 aromatic carbocycles. The van der Waals surface area contributed by atoms with Crippen LogP contribution < -0.4 is 15.2 Å². The number of benzene rings is 2. The lowest BCUT2D eigenvalue weighted by Gasteiger charge is -2.11. The van der Waals surface area contributed by atoms with Gasteiger partial charge in [0, 0.05) is 16.6 Å². The Bertz CT molecular complexity index is 575. The molecule has 0 aliphatic rings. The minimum atomic E-state index is -0.517. The highest BCUT2D eigenvalue weighted by Crippen LogP contribution is 2.33.